The minimum absolute atomic E-state index is 0.0529. The van der Waals surface area contributed by atoms with Crippen LogP contribution in [0.1, 0.15) is 6.92 Å². The number of methoxy groups -OCH3 is 1. The molecule has 1 amide bonds. The summed E-state index contributed by atoms with van der Waals surface area (Å²) in [6, 6.07) is 7.59. The fourth-order valence-corrected chi connectivity index (χ4v) is 1.96. The molecule has 0 saturated heterocycles. The summed E-state index contributed by atoms with van der Waals surface area (Å²) in [5, 5.41) is 2.82. The lowest BCUT2D eigenvalue weighted by Gasteiger charge is -2.30. The summed E-state index contributed by atoms with van der Waals surface area (Å²) in [5.41, 5.74) is 2.28. The number of hydrogen-bond donors (Lipinski definition) is 1. The number of nitrogens with zero attached hydrogens (tertiary/aromatic N) is 1. The molecule has 1 aromatic carbocycles. The van der Waals surface area contributed by atoms with Crippen molar-refractivity contribution in [2.45, 2.75) is 6.92 Å². The molecule has 1 aliphatic heterocycles. The predicted molar refractivity (Wildman–Crippen MR) is 73.1 cm³/mol. The first kappa shape index (κ1) is 13.1. The molecule has 0 aliphatic carbocycles. The highest BCUT2D eigenvalue weighted by Crippen LogP contribution is 2.28. The molecule has 0 fully saturated rings. The molecule has 1 heterocycles. The molecule has 0 aromatic heterocycles. The zero-order valence-corrected chi connectivity index (χ0v) is 11.0. The normalized spacial score (nSPS) is 14.7. The van der Waals surface area contributed by atoms with Gasteiger partial charge in [0, 0.05) is 12.1 Å². The van der Waals surface area contributed by atoms with Gasteiger partial charge < -0.3 is 15.0 Å². The Hall–Kier alpha value is -2.30. The van der Waals surface area contributed by atoms with E-state index in [-0.39, 0.29) is 18.4 Å². The summed E-state index contributed by atoms with van der Waals surface area (Å²) in [6.07, 6.45) is 1.77. The molecule has 19 heavy (non-hydrogen) atoms. The molecule has 1 aliphatic rings. The first-order valence-electron chi connectivity index (χ1n) is 6.00. The fraction of sp³-hybridized carbons (Fsp3) is 0.286. The number of ether oxygens (including phenoxy) is 1. The zero-order chi connectivity index (χ0) is 13.8. The fourth-order valence-electron chi connectivity index (χ4n) is 1.96. The quantitative estimate of drug-likeness (QED) is 0.662. The van der Waals surface area contributed by atoms with Gasteiger partial charge in [0.1, 0.15) is 0 Å². The first-order chi connectivity index (χ1) is 9.11. The highest BCUT2D eigenvalue weighted by molar-refractivity contribution is 6.01. The summed E-state index contributed by atoms with van der Waals surface area (Å²) in [6.45, 7) is 2.47. The molecule has 0 spiro atoms. The molecule has 1 N–H and O–H groups in total. The summed E-state index contributed by atoms with van der Waals surface area (Å²) in [7, 11) is 1.35. The van der Waals surface area contributed by atoms with Crippen LogP contribution in [0.25, 0.3) is 0 Å². The molecule has 0 saturated carbocycles. The van der Waals surface area contributed by atoms with Gasteiger partial charge in [0.15, 0.2) is 0 Å². The molecule has 5 nitrogen and oxygen atoms in total. The molecule has 0 atom stereocenters. The maximum Gasteiger partial charge on any atom is 0.333 e. The third-order valence-corrected chi connectivity index (χ3v) is 2.98. The van der Waals surface area contributed by atoms with Crippen molar-refractivity contribution in [3.63, 3.8) is 0 Å². The van der Waals surface area contributed by atoms with E-state index in [2.05, 4.69) is 10.1 Å². The van der Waals surface area contributed by atoms with Crippen LogP contribution >= 0.6 is 0 Å². The number of anilines is 2. The van der Waals surface area contributed by atoms with Crippen molar-refractivity contribution in [1.29, 1.82) is 0 Å². The lowest BCUT2D eigenvalue weighted by Crippen LogP contribution is -2.38. The highest BCUT2D eigenvalue weighted by atomic mass is 16.5. The zero-order valence-electron chi connectivity index (χ0n) is 11.0. The second-order valence-electron chi connectivity index (χ2n) is 4.32. The highest BCUT2D eigenvalue weighted by Gasteiger charge is 2.20. The molecule has 0 radical (unpaired) electrons. The van der Waals surface area contributed by atoms with Crippen LogP contribution in [0.4, 0.5) is 11.4 Å². The minimum Gasteiger partial charge on any atom is -0.466 e. The van der Waals surface area contributed by atoms with Crippen LogP contribution in [0, 0.1) is 0 Å². The molecule has 2 rings (SSSR count). The van der Waals surface area contributed by atoms with Crippen molar-refractivity contribution < 1.29 is 14.3 Å². The van der Waals surface area contributed by atoms with Crippen LogP contribution in [-0.4, -0.2) is 32.1 Å². The van der Waals surface area contributed by atoms with E-state index in [9.17, 15) is 9.59 Å². The molecular formula is C14H16N2O3. The third kappa shape index (κ3) is 2.93. The summed E-state index contributed by atoms with van der Waals surface area (Å²) in [4.78, 5) is 24.8. The van der Waals surface area contributed by atoms with Crippen molar-refractivity contribution in [2.75, 3.05) is 30.4 Å². The van der Waals surface area contributed by atoms with Gasteiger partial charge in [-0.2, -0.15) is 0 Å². The molecule has 1 aromatic rings. The van der Waals surface area contributed by atoms with E-state index >= 15 is 0 Å². The number of benzene rings is 1. The summed E-state index contributed by atoms with van der Waals surface area (Å²) < 4.78 is 4.64. The maximum absolute atomic E-state index is 11.6. The number of carbonyl (C=O) groups is 2. The average Bonchev–Trinajstić information content (AvgIpc) is 2.43. The van der Waals surface area contributed by atoms with Crippen molar-refractivity contribution >= 4 is 23.3 Å². The van der Waals surface area contributed by atoms with Gasteiger partial charge in [0.2, 0.25) is 5.91 Å². The number of esters is 1. The van der Waals surface area contributed by atoms with Crippen molar-refractivity contribution in [1.82, 2.24) is 0 Å². The van der Waals surface area contributed by atoms with Gasteiger partial charge in [-0.1, -0.05) is 18.2 Å². The van der Waals surface area contributed by atoms with E-state index in [4.69, 9.17) is 0 Å². The van der Waals surface area contributed by atoms with Gasteiger partial charge in [0.25, 0.3) is 0 Å². The number of carbonyl (C=O) groups excluding carboxylic acids is 2. The van der Waals surface area contributed by atoms with E-state index in [0.717, 1.165) is 11.4 Å². The second kappa shape index (κ2) is 5.56. The van der Waals surface area contributed by atoms with E-state index < -0.39 is 0 Å². The topological polar surface area (TPSA) is 58.6 Å². The number of hydrogen-bond acceptors (Lipinski definition) is 4. The van der Waals surface area contributed by atoms with Crippen LogP contribution in [0.3, 0.4) is 0 Å². The summed E-state index contributed by atoms with van der Waals surface area (Å²) in [5.74, 6) is -0.405. The van der Waals surface area contributed by atoms with Gasteiger partial charge in [0.05, 0.1) is 25.0 Å². The van der Waals surface area contributed by atoms with Gasteiger partial charge in [-0.3, -0.25) is 4.79 Å². The van der Waals surface area contributed by atoms with Crippen LogP contribution in [0.15, 0.2) is 35.9 Å². The van der Waals surface area contributed by atoms with E-state index in [1.165, 1.54) is 7.11 Å². The van der Waals surface area contributed by atoms with Gasteiger partial charge in [-0.25, -0.2) is 4.79 Å². The first-order valence-corrected chi connectivity index (χ1v) is 6.00. The van der Waals surface area contributed by atoms with E-state index in [0.29, 0.717) is 12.1 Å². The Morgan fingerprint density at radius 3 is 2.95 bits per heavy atom. The van der Waals surface area contributed by atoms with Crippen LogP contribution < -0.4 is 10.2 Å². The predicted octanol–water partition coefficient (Wildman–Crippen LogP) is 1.56. The van der Waals surface area contributed by atoms with Gasteiger partial charge >= 0.3 is 5.97 Å². The SMILES string of the molecule is COC(=O)C(C)=CCN1CC(=O)Nc2ccccc21. The van der Waals surface area contributed by atoms with Crippen molar-refractivity contribution in [2.24, 2.45) is 0 Å². The number of nitrogens with one attached hydrogen (secondary N) is 1. The van der Waals surface area contributed by atoms with Gasteiger partial charge in [-0.05, 0) is 19.1 Å². The minimum atomic E-state index is -0.352. The summed E-state index contributed by atoms with van der Waals surface area (Å²) >= 11 is 0. The standard InChI is InChI=1S/C14H16N2O3/c1-10(14(18)19-2)7-8-16-9-13(17)15-11-5-3-4-6-12(11)16/h3-7H,8-9H2,1-2H3,(H,15,17). The maximum atomic E-state index is 11.6. The Morgan fingerprint density at radius 1 is 1.47 bits per heavy atom. The van der Waals surface area contributed by atoms with Gasteiger partial charge in [-0.15, -0.1) is 0 Å². The number of amides is 1. The third-order valence-electron chi connectivity index (χ3n) is 2.98. The molecule has 100 valence electrons. The Morgan fingerprint density at radius 2 is 2.21 bits per heavy atom. The van der Waals surface area contributed by atoms with E-state index in [1.54, 1.807) is 13.0 Å². The largest absolute Gasteiger partial charge is 0.466 e. The number of rotatable bonds is 3. The Kier molecular flexibility index (Phi) is 3.85. The van der Waals surface area contributed by atoms with Crippen LogP contribution in [0.2, 0.25) is 0 Å². The Bertz CT molecular complexity index is 537. The molecule has 0 unspecified atom stereocenters. The van der Waals surface area contributed by atoms with Crippen LogP contribution in [0.5, 0.6) is 0 Å². The monoisotopic (exact) mass is 260 g/mol. The van der Waals surface area contributed by atoms with Crippen LogP contribution in [-0.2, 0) is 14.3 Å². The Labute approximate surface area is 111 Å². The number of fused-ring (bicyclic) bond motifs is 1. The second-order valence-corrected chi connectivity index (χ2v) is 4.32. The lowest BCUT2D eigenvalue weighted by atomic mass is 10.2. The van der Waals surface area contributed by atoms with Crippen molar-refractivity contribution in [3.05, 3.63) is 35.9 Å². The smallest absolute Gasteiger partial charge is 0.333 e. The van der Waals surface area contributed by atoms with Crippen molar-refractivity contribution in [3.8, 4) is 0 Å². The lowest BCUT2D eigenvalue weighted by molar-refractivity contribution is -0.136. The average molecular weight is 260 g/mol. The Balaban J connectivity index is 2.17. The molecule has 0 bridgehead atoms. The molecular weight excluding hydrogens is 244 g/mol. The molecule has 5 heteroatoms. The van der Waals surface area contributed by atoms with E-state index in [1.807, 2.05) is 29.2 Å². The number of para-hydroxylation sites is 2.